The molecule has 2 aromatic rings. The third-order valence-corrected chi connectivity index (χ3v) is 5.08. The number of rotatable bonds is 2. The number of carbonyl (C=O) groups is 1. The second kappa shape index (κ2) is 7.09. The third-order valence-electron chi connectivity index (χ3n) is 4.78. The summed E-state index contributed by atoms with van der Waals surface area (Å²) in [5.74, 6) is 0.803. The first-order valence-electron chi connectivity index (χ1n) is 8.56. The maximum Gasteiger partial charge on any atom is 0.254 e. The van der Waals surface area contributed by atoms with Crippen molar-refractivity contribution in [3.8, 4) is 5.75 Å². The number of phenolic OH excluding ortho intramolecular Hbond substituents is 1. The highest BCUT2D eigenvalue weighted by Gasteiger charge is 2.27. The van der Waals surface area contributed by atoms with E-state index in [0.717, 1.165) is 30.2 Å². The molecule has 1 N–H and O–H groups in total. The Labute approximate surface area is 156 Å². The summed E-state index contributed by atoms with van der Waals surface area (Å²) in [5.41, 5.74) is 2.45. The quantitative estimate of drug-likeness (QED) is 0.864. The summed E-state index contributed by atoms with van der Waals surface area (Å²) in [6, 6.07) is 4.51. The van der Waals surface area contributed by atoms with Crippen LogP contribution in [0.4, 0.5) is 5.82 Å². The van der Waals surface area contributed by atoms with Crippen LogP contribution in [-0.4, -0.2) is 58.7 Å². The molecule has 8 heteroatoms. The lowest BCUT2D eigenvalue weighted by Gasteiger charge is -2.33. The van der Waals surface area contributed by atoms with Crippen molar-refractivity contribution in [3.63, 3.8) is 0 Å². The number of aromatic hydroxyl groups is 1. The van der Waals surface area contributed by atoms with Crippen LogP contribution in [-0.2, 0) is 17.7 Å². The lowest BCUT2D eigenvalue weighted by atomic mass is 10.0. The van der Waals surface area contributed by atoms with E-state index in [0.29, 0.717) is 38.3 Å². The summed E-state index contributed by atoms with van der Waals surface area (Å²) in [5, 5.41) is 9.70. The van der Waals surface area contributed by atoms with E-state index in [-0.39, 0.29) is 16.7 Å². The number of morpholine rings is 1. The van der Waals surface area contributed by atoms with Gasteiger partial charge >= 0.3 is 0 Å². The van der Waals surface area contributed by atoms with Crippen molar-refractivity contribution >= 4 is 23.3 Å². The Kier molecular flexibility index (Phi) is 4.65. The topological polar surface area (TPSA) is 78.8 Å². The van der Waals surface area contributed by atoms with E-state index in [1.807, 2.05) is 0 Å². The molecule has 3 heterocycles. The molecular weight excluding hydrogens is 356 g/mol. The van der Waals surface area contributed by atoms with Gasteiger partial charge in [-0.05, 0) is 24.6 Å². The van der Waals surface area contributed by atoms with E-state index in [4.69, 9.17) is 16.3 Å². The molecule has 1 fully saturated rings. The van der Waals surface area contributed by atoms with Crippen LogP contribution in [0, 0.1) is 0 Å². The van der Waals surface area contributed by atoms with Gasteiger partial charge in [0.05, 0.1) is 30.5 Å². The standard InChI is InChI=1S/C18H19ClN4O3/c19-14-9-12(1-2-16(14)24)18(25)23-4-3-13-15(10-23)20-11-21-17(13)22-5-7-26-8-6-22/h1-2,9,11,24H,3-8,10H2. The normalized spacial score (nSPS) is 17.1. The summed E-state index contributed by atoms with van der Waals surface area (Å²) < 4.78 is 5.41. The number of hydrogen-bond donors (Lipinski definition) is 1. The molecule has 7 nitrogen and oxygen atoms in total. The fraction of sp³-hybridized carbons (Fsp3) is 0.389. The number of benzene rings is 1. The minimum atomic E-state index is -0.121. The second-order valence-electron chi connectivity index (χ2n) is 6.36. The van der Waals surface area contributed by atoms with Gasteiger partial charge in [0.2, 0.25) is 0 Å². The van der Waals surface area contributed by atoms with Crippen LogP contribution in [0.3, 0.4) is 0 Å². The zero-order valence-corrected chi connectivity index (χ0v) is 14.9. The molecule has 0 unspecified atom stereocenters. The number of fused-ring (bicyclic) bond motifs is 1. The minimum absolute atomic E-state index is 0.0323. The number of hydrogen-bond acceptors (Lipinski definition) is 6. The zero-order valence-electron chi connectivity index (χ0n) is 14.2. The van der Waals surface area contributed by atoms with Crippen molar-refractivity contribution in [3.05, 3.63) is 46.4 Å². The first-order valence-corrected chi connectivity index (χ1v) is 8.94. The van der Waals surface area contributed by atoms with E-state index in [2.05, 4.69) is 14.9 Å². The molecule has 0 spiro atoms. The molecule has 1 aromatic heterocycles. The molecular formula is C18H19ClN4O3. The number of anilines is 1. The van der Waals surface area contributed by atoms with E-state index < -0.39 is 0 Å². The molecule has 1 amide bonds. The third kappa shape index (κ3) is 3.20. The van der Waals surface area contributed by atoms with Crippen LogP contribution in [0.2, 0.25) is 5.02 Å². The number of nitrogens with zero attached hydrogens (tertiary/aromatic N) is 4. The van der Waals surface area contributed by atoms with Crippen LogP contribution < -0.4 is 4.90 Å². The number of phenols is 1. The molecule has 0 bridgehead atoms. The minimum Gasteiger partial charge on any atom is -0.506 e. The smallest absolute Gasteiger partial charge is 0.254 e. The van der Waals surface area contributed by atoms with E-state index >= 15 is 0 Å². The maximum atomic E-state index is 12.8. The Hall–Kier alpha value is -2.38. The van der Waals surface area contributed by atoms with Gasteiger partial charge in [-0.1, -0.05) is 11.6 Å². The summed E-state index contributed by atoms with van der Waals surface area (Å²) in [6.07, 6.45) is 2.27. The number of aromatic nitrogens is 2. The lowest BCUT2D eigenvalue weighted by molar-refractivity contribution is 0.0731. The van der Waals surface area contributed by atoms with Gasteiger partial charge in [0.15, 0.2) is 0 Å². The van der Waals surface area contributed by atoms with Crippen LogP contribution in [0.5, 0.6) is 5.75 Å². The Morgan fingerprint density at radius 3 is 2.77 bits per heavy atom. The Morgan fingerprint density at radius 1 is 1.19 bits per heavy atom. The fourth-order valence-electron chi connectivity index (χ4n) is 3.38. The molecule has 0 atom stereocenters. The average Bonchev–Trinajstić information content (AvgIpc) is 2.69. The molecule has 26 heavy (non-hydrogen) atoms. The molecule has 0 saturated carbocycles. The summed E-state index contributed by atoms with van der Waals surface area (Å²) in [6.45, 7) is 4.06. The first-order chi connectivity index (χ1) is 12.6. The van der Waals surface area contributed by atoms with Gasteiger partial charge in [-0.15, -0.1) is 0 Å². The Balaban J connectivity index is 1.56. The molecule has 0 radical (unpaired) electrons. The van der Waals surface area contributed by atoms with Gasteiger partial charge in [-0.3, -0.25) is 4.79 Å². The van der Waals surface area contributed by atoms with Gasteiger partial charge in [-0.25, -0.2) is 9.97 Å². The van der Waals surface area contributed by atoms with Gasteiger partial charge in [0.1, 0.15) is 17.9 Å². The van der Waals surface area contributed by atoms with Crippen molar-refractivity contribution in [2.45, 2.75) is 13.0 Å². The van der Waals surface area contributed by atoms with Crippen molar-refractivity contribution in [1.29, 1.82) is 0 Å². The molecule has 0 aliphatic carbocycles. The number of halogens is 1. The molecule has 2 aliphatic heterocycles. The Bertz CT molecular complexity index is 839. The van der Waals surface area contributed by atoms with Crippen molar-refractivity contribution in [2.24, 2.45) is 0 Å². The van der Waals surface area contributed by atoms with Gasteiger partial charge in [-0.2, -0.15) is 0 Å². The van der Waals surface area contributed by atoms with Crippen LogP contribution in [0.15, 0.2) is 24.5 Å². The van der Waals surface area contributed by atoms with Crippen molar-refractivity contribution in [2.75, 3.05) is 37.7 Å². The van der Waals surface area contributed by atoms with Gasteiger partial charge in [0.25, 0.3) is 5.91 Å². The summed E-state index contributed by atoms with van der Waals surface area (Å²) >= 11 is 5.93. The largest absolute Gasteiger partial charge is 0.506 e. The predicted octanol–water partition coefficient (Wildman–Crippen LogP) is 1.87. The summed E-state index contributed by atoms with van der Waals surface area (Å²) in [7, 11) is 0. The zero-order chi connectivity index (χ0) is 18.1. The second-order valence-corrected chi connectivity index (χ2v) is 6.77. The molecule has 4 rings (SSSR count). The molecule has 2 aliphatic rings. The number of ether oxygens (including phenoxy) is 1. The average molecular weight is 375 g/mol. The molecule has 1 aromatic carbocycles. The highest BCUT2D eigenvalue weighted by atomic mass is 35.5. The van der Waals surface area contributed by atoms with Crippen molar-refractivity contribution < 1.29 is 14.6 Å². The van der Waals surface area contributed by atoms with E-state index in [1.165, 1.54) is 12.1 Å². The van der Waals surface area contributed by atoms with Crippen LogP contribution in [0.1, 0.15) is 21.6 Å². The number of amides is 1. The monoisotopic (exact) mass is 374 g/mol. The molecule has 136 valence electrons. The number of carbonyl (C=O) groups excluding carboxylic acids is 1. The Morgan fingerprint density at radius 2 is 2.00 bits per heavy atom. The maximum absolute atomic E-state index is 12.8. The predicted molar refractivity (Wildman–Crippen MR) is 96.6 cm³/mol. The highest BCUT2D eigenvalue weighted by Crippen LogP contribution is 2.28. The van der Waals surface area contributed by atoms with E-state index in [1.54, 1.807) is 17.3 Å². The van der Waals surface area contributed by atoms with Crippen molar-refractivity contribution in [1.82, 2.24) is 14.9 Å². The fourth-order valence-corrected chi connectivity index (χ4v) is 3.56. The van der Waals surface area contributed by atoms with E-state index in [9.17, 15) is 9.90 Å². The first kappa shape index (κ1) is 17.1. The van der Waals surface area contributed by atoms with Gasteiger partial charge in [0, 0.05) is 30.8 Å². The molecule has 1 saturated heterocycles. The SMILES string of the molecule is O=C(c1ccc(O)c(Cl)c1)N1CCc2c(ncnc2N2CCOCC2)C1. The van der Waals surface area contributed by atoms with Crippen LogP contribution in [0.25, 0.3) is 0 Å². The highest BCUT2D eigenvalue weighted by molar-refractivity contribution is 6.32. The van der Waals surface area contributed by atoms with Gasteiger partial charge < -0.3 is 19.6 Å². The lowest BCUT2D eigenvalue weighted by Crippen LogP contribution is -2.40. The van der Waals surface area contributed by atoms with Crippen LogP contribution >= 0.6 is 11.6 Å². The summed E-state index contributed by atoms with van der Waals surface area (Å²) in [4.78, 5) is 25.6.